The molecule has 0 aliphatic carbocycles. The maximum absolute atomic E-state index is 13.2. The Morgan fingerprint density at radius 1 is 1.00 bits per heavy atom. The van der Waals surface area contributed by atoms with E-state index >= 15 is 0 Å². The number of ether oxygens (including phenoxy) is 1. The van der Waals surface area contributed by atoms with Crippen LogP contribution in [0.4, 0.5) is 15.8 Å². The van der Waals surface area contributed by atoms with Crippen LogP contribution in [-0.2, 0) is 9.59 Å². The highest BCUT2D eigenvalue weighted by molar-refractivity contribution is 5.94. The van der Waals surface area contributed by atoms with E-state index in [-0.39, 0.29) is 24.9 Å². The van der Waals surface area contributed by atoms with Crippen LogP contribution >= 0.6 is 0 Å². The second kappa shape index (κ2) is 9.53. The second-order valence-electron chi connectivity index (χ2n) is 5.64. The van der Waals surface area contributed by atoms with Crippen molar-refractivity contribution >= 4 is 23.2 Å². The highest BCUT2D eigenvalue weighted by atomic mass is 19.1. The van der Waals surface area contributed by atoms with Gasteiger partial charge in [-0.25, -0.2) is 4.39 Å². The minimum absolute atomic E-state index is 0.0308. The molecule has 2 aromatic carbocycles. The van der Waals surface area contributed by atoms with E-state index in [1.807, 2.05) is 6.92 Å². The van der Waals surface area contributed by atoms with Crippen molar-refractivity contribution in [2.24, 2.45) is 0 Å². The van der Waals surface area contributed by atoms with Gasteiger partial charge in [-0.3, -0.25) is 14.5 Å². The number of carbonyl (C=O) groups is 2. The van der Waals surface area contributed by atoms with Gasteiger partial charge in [0, 0.05) is 11.4 Å². The molecule has 6 nitrogen and oxygen atoms in total. The SMILES string of the molecule is CCN(CC(=O)Nc1ccc(OC)cc1)CC(=O)Nc1cccc(F)c1. The average molecular weight is 359 g/mol. The highest BCUT2D eigenvalue weighted by Gasteiger charge is 2.13. The van der Waals surface area contributed by atoms with Crippen LogP contribution in [0.25, 0.3) is 0 Å². The molecule has 0 spiro atoms. The number of amides is 2. The summed E-state index contributed by atoms with van der Waals surface area (Å²) in [6.45, 7) is 2.48. The number of rotatable bonds is 8. The van der Waals surface area contributed by atoms with E-state index in [1.54, 1.807) is 42.3 Å². The number of nitrogens with one attached hydrogen (secondary N) is 2. The molecule has 0 fully saturated rings. The second-order valence-corrected chi connectivity index (χ2v) is 5.64. The fourth-order valence-electron chi connectivity index (χ4n) is 2.33. The Balaban J connectivity index is 1.85. The number of methoxy groups -OCH3 is 1. The van der Waals surface area contributed by atoms with Crippen LogP contribution in [0.2, 0.25) is 0 Å². The van der Waals surface area contributed by atoms with Gasteiger partial charge in [-0.05, 0) is 49.0 Å². The van der Waals surface area contributed by atoms with Gasteiger partial charge in [0.1, 0.15) is 11.6 Å². The lowest BCUT2D eigenvalue weighted by molar-refractivity contribution is -0.119. The van der Waals surface area contributed by atoms with Crippen LogP contribution in [0, 0.1) is 5.82 Å². The summed E-state index contributed by atoms with van der Waals surface area (Å²) in [4.78, 5) is 25.9. The van der Waals surface area contributed by atoms with E-state index in [1.165, 1.54) is 18.2 Å². The summed E-state index contributed by atoms with van der Waals surface area (Å²) in [6, 6.07) is 12.6. The minimum atomic E-state index is -0.422. The molecule has 0 atom stereocenters. The lowest BCUT2D eigenvalue weighted by Gasteiger charge is -2.19. The van der Waals surface area contributed by atoms with Gasteiger partial charge in [-0.1, -0.05) is 13.0 Å². The quantitative estimate of drug-likeness (QED) is 0.760. The Morgan fingerprint density at radius 3 is 2.15 bits per heavy atom. The summed E-state index contributed by atoms with van der Waals surface area (Å²) in [7, 11) is 1.57. The lowest BCUT2D eigenvalue weighted by atomic mass is 10.3. The van der Waals surface area contributed by atoms with Gasteiger partial charge in [-0.15, -0.1) is 0 Å². The maximum atomic E-state index is 13.2. The third-order valence-corrected chi connectivity index (χ3v) is 3.66. The van der Waals surface area contributed by atoms with E-state index in [2.05, 4.69) is 10.6 Å². The van der Waals surface area contributed by atoms with Crippen LogP contribution in [0.3, 0.4) is 0 Å². The fraction of sp³-hybridized carbons (Fsp3) is 0.263. The molecule has 138 valence electrons. The van der Waals surface area contributed by atoms with Crippen molar-refractivity contribution in [2.75, 3.05) is 37.4 Å². The molecule has 2 aromatic rings. The fourth-order valence-corrected chi connectivity index (χ4v) is 2.33. The van der Waals surface area contributed by atoms with Gasteiger partial charge in [0.25, 0.3) is 0 Å². The molecule has 0 aromatic heterocycles. The van der Waals surface area contributed by atoms with Gasteiger partial charge >= 0.3 is 0 Å². The first kappa shape index (κ1) is 19.4. The summed E-state index contributed by atoms with van der Waals surface area (Å²) < 4.78 is 18.2. The normalized spacial score (nSPS) is 10.5. The number of carbonyl (C=O) groups excluding carboxylic acids is 2. The first-order valence-electron chi connectivity index (χ1n) is 8.22. The third kappa shape index (κ3) is 6.18. The van der Waals surface area contributed by atoms with Crippen molar-refractivity contribution in [2.45, 2.75) is 6.92 Å². The summed E-state index contributed by atoms with van der Waals surface area (Å²) in [6.07, 6.45) is 0. The molecule has 0 heterocycles. The molecule has 0 aliphatic heterocycles. The van der Waals surface area contributed by atoms with Crippen molar-refractivity contribution in [3.8, 4) is 5.75 Å². The number of benzene rings is 2. The Hall–Kier alpha value is -2.93. The number of hydrogen-bond acceptors (Lipinski definition) is 4. The molecule has 7 heteroatoms. The van der Waals surface area contributed by atoms with E-state index in [0.29, 0.717) is 23.7 Å². The Morgan fingerprint density at radius 2 is 1.62 bits per heavy atom. The van der Waals surface area contributed by atoms with Crippen molar-refractivity contribution < 1.29 is 18.7 Å². The molecular formula is C19H22FN3O3. The summed E-state index contributed by atoms with van der Waals surface area (Å²) in [5.41, 5.74) is 1.03. The van der Waals surface area contributed by atoms with Crippen molar-refractivity contribution in [1.29, 1.82) is 0 Å². The largest absolute Gasteiger partial charge is 0.497 e. The molecule has 0 unspecified atom stereocenters. The summed E-state index contributed by atoms with van der Waals surface area (Å²) >= 11 is 0. The van der Waals surface area contributed by atoms with Gasteiger partial charge < -0.3 is 15.4 Å². The first-order valence-corrected chi connectivity index (χ1v) is 8.22. The zero-order valence-electron chi connectivity index (χ0n) is 14.8. The maximum Gasteiger partial charge on any atom is 0.238 e. The molecule has 0 saturated carbocycles. The van der Waals surface area contributed by atoms with E-state index in [4.69, 9.17) is 4.74 Å². The van der Waals surface area contributed by atoms with Crippen LogP contribution in [0.15, 0.2) is 48.5 Å². The monoisotopic (exact) mass is 359 g/mol. The molecule has 26 heavy (non-hydrogen) atoms. The average Bonchev–Trinajstić information content (AvgIpc) is 2.61. The van der Waals surface area contributed by atoms with Crippen molar-refractivity contribution in [3.63, 3.8) is 0 Å². The molecule has 0 aliphatic rings. The van der Waals surface area contributed by atoms with Crippen LogP contribution in [0.5, 0.6) is 5.75 Å². The number of anilines is 2. The Labute approximate surface area is 152 Å². The summed E-state index contributed by atoms with van der Waals surface area (Å²) in [5, 5.41) is 5.39. The first-order chi connectivity index (χ1) is 12.5. The van der Waals surface area contributed by atoms with E-state index < -0.39 is 5.82 Å². The number of hydrogen-bond donors (Lipinski definition) is 2. The van der Waals surface area contributed by atoms with Crippen LogP contribution in [0.1, 0.15) is 6.92 Å². The lowest BCUT2D eigenvalue weighted by Crippen LogP contribution is -2.38. The molecular weight excluding hydrogens is 337 g/mol. The predicted octanol–water partition coefficient (Wildman–Crippen LogP) is 2.73. The third-order valence-electron chi connectivity index (χ3n) is 3.66. The topological polar surface area (TPSA) is 70.7 Å². The minimum Gasteiger partial charge on any atom is -0.497 e. The Kier molecular flexibility index (Phi) is 7.11. The van der Waals surface area contributed by atoms with Gasteiger partial charge in [0.2, 0.25) is 11.8 Å². The standard InChI is InChI=1S/C19H22FN3O3/c1-3-23(13-19(25)22-16-6-4-5-14(20)11-16)12-18(24)21-15-7-9-17(26-2)10-8-15/h4-11H,3,12-13H2,1-2H3,(H,21,24)(H,22,25). The zero-order chi connectivity index (χ0) is 18.9. The molecule has 0 radical (unpaired) electrons. The number of halogens is 1. The van der Waals surface area contributed by atoms with Crippen LogP contribution in [-0.4, -0.2) is 43.5 Å². The number of likely N-dealkylation sites (N-methyl/N-ethyl adjacent to an activating group) is 1. The highest BCUT2D eigenvalue weighted by Crippen LogP contribution is 2.15. The van der Waals surface area contributed by atoms with E-state index in [9.17, 15) is 14.0 Å². The van der Waals surface area contributed by atoms with Crippen molar-refractivity contribution in [3.05, 3.63) is 54.3 Å². The Bertz CT molecular complexity index is 750. The molecule has 2 N–H and O–H groups in total. The number of nitrogens with zero attached hydrogens (tertiary/aromatic N) is 1. The van der Waals surface area contributed by atoms with Gasteiger partial charge in [0.05, 0.1) is 20.2 Å². The van der Waals surface area contributed by atoms with E-state index in [0.717, 1.165) is 0 Å². The molecule has 2 rings (SSSR count). The van der Waals surface area contributed by atoms with Crippen molar-refractivity contribution in [1.82, 2.24) is 4.90 Å². The molecule has 0 bridgehead atoms. The van der Waals surface area contributed by atoms with Crippen LogP contribution < -0.4 is 15.4 Å². The summed E-state index contributed by atoms with van der Waals surface area (Å²) in [5.74, 6) is -0.258. The molecule has 0 saturated heterocycles. The molecule has 2 amide bonds. The van der Waals surface area contributed by atoms with Gasteiger partial charge in [0.15, 0.2) is 0 Å². The zero-order valence-corrected chi connectivity index (χ0v) is 14.8. The van der Waals surface area contributed by atoms with Gasteiger partial charge in [-0.2, -0.15) is 0 Å². The predicted molar refractivity (Wildman–Crippen MR) is 98.8 cm³/mol. The smallest absolute Gasteiger partial charge is 0.238 e.